The van der Waals surface area contributed by atoms with Gasteiger partial charge < -0.3 is 5.11 Å². The minimum Gasteiger partial charge on any atom is -0.501 e. The van der Waals surface area contributed by atoms with Crippen LogP contribution in [-0.2, 0) is 9.59 Å². The number of carbonyl (C=O) groups excluding carboxylic acids is 2. The van der Waals surface area contributed by atoms with Crippen molar-refractivity contribution in [3.8, 4) is 5.75 Å². The number of nitro groups is 1. The van der Waals surface area contributed by atoms with Gasteiger partial charge >= 0.3 is 5.69 Å². The number of nitro benzene ring substituents is 1. The maximum Gasteiger partial charge on any atom is 0.312 e. The molecule has 1 heterocycles. The van der Waals surface area contributed by atoms with Crippen LogP contribution in [0.25, 0.3) is 6.08 Å². The molecule has 2 N–H and O–H groups in total. The quantitative estimate of drug-likeness (QED) is 0.135. The number of rotatable bonds is 4. The summed E-state index contributed by atoms with van der Waals surface area (Å²) in [6, 6.07) is 2.50. The van der Waals surface area contributed by atoms with E-state index in [4.69, 9.17) is 12.2 Å². The number of thiocarbonyl (C=S) groups is 1. The molecule has 2 rings (SSSR count). The van der Waals surface area contributed by atoms with Crippen molar-refractivity contribution < 1.29 is 19.6 Å². The molecule has 2 amide bonds. The summed E-state index contributed by atoms with van der Waals surface area (Å²) in [6.45, 7) is 3.63. The number of nitrogens with zero attached hydrogens (tertiary/aromatic N) is 2. The zero-order valence-electron chi connectivity index (χ0n) is 12.0. The van der Waals surface area contributed by atoms with Gasteiger partial charge in [0.1, 0.15) is 5.57 Å². The Bertz CT molecular complexity index is 821. The standard InChI is InChI=1S/C14H10IN3O5S/c1-2-3-17-13(21)8(12(20)16-14(17)24)4-7-5-9(15)11(19)10(6-7)18(22)23/h2,4-6,19H,1,3H2,(H,16,20,24)/b8-4+. The van der Waals surface area contributed by atoms with E-state index in [0.717, 1.165) is 11.0 Å². The van der Waals surface area contributed by atoms with E-state index < -0.39 is 28.2 Å². The fourth-order valence-electron chi connectivity index (χ4n) is 1.98. The first-order chi connectivity index (χ1) is 11.3. The Morgan fingerprint density at radius 1 is 1.46 bits per heavy atom. The molecule has 0 atom stereocenters. The van der Waals surface area contributed by atoms with E-state index in [1.807, 2.05) is 0 Å². The van der Waals surface area contributed by atoms with Crippen molar-refractivity contribution in [2.24, 2.45) is 0 Å². The van der Waals surface area contributed by atoms with Crippen molar-refractivity contribution in [2.75, 3.05) is 6.54 Å². The zero-order chi connectivity index (χ0) is 18.0. The first-order valence-electron chi connectivity index (χ1n) is 6.43. The molecule has 124 valence electrons. The molecule has 10 heteroatoms. The number of phenols is 1. The van der Waals surface area contributed by atoms with E-state index in [2.05, 4.69) is 11.9 Å². The van der Waals surface area contributed by atoms with Crippen LogP contribution >= 0.6 is 34.8 Å². The first kappa shape index (κ1) is 18.0. The van der Waals surface area contributed by atoms with Crippen LogP contribution in [0.3, 0.4) is 0 Å². The Balaban J connectivity index is 2.51. The molecule has 0 aliphatic carbocycles. The van der Waals surface area contributed by atoms with Gasteiger partial charge in [0, 0.05) is 12.6 Å². The molecule has 8 nitrogen and oxygen atoms in total. The number of hydrogen-bond acceptors (Lipinski definition) is 6. The minimum atomic E-state index is -0.749. The normalized spacial score (nSPS) is 16.3. The number of hydrogen-bond donors (Lipinski definition) is 2. The highest BCUT2D eigenvalue weighted by atomic mass is 127. The molecule has 0 bridgehead atoms. The summed E-state index contributed by atoms with van der Waals surface area (Å²) in [6.07, 6.45) is 2.66. The lowest BCUT2D eigenvalue weighted by Crippen LogP contribution is -2.53. The second-order valence-electron chi connectivity index (χ2n) is 4.65. The summed E-state index contributed by atoms with van der Waals surface area (Å²) >= 11 is 6.65. The van der Waals surface area contributed by atoms with Crippen LogP contribution in [0.2, 0.25) is 0 Å². The van der Waals surface area contributed by atoms with Crippen molar-refractivity contribution in [2.45, 2.75) is 0 Å². The predicted molar refractivity (Wildman–Crippen MR) is 98.1 cm³/mol. The van der Waals surface area contributed by atoms with Crippen molar-refractivity contribution in [3.05, 3.63) is 49.6 Å². The Hall–Kier alpha value is -2.34. The molecule has 0 saturated carbocycles. The van der Waals surface area contributed by atoms with Gasteiger partial charge in [0.2, 0.25) is 5.75 Å². The Morgan fingerprint density at radius 2 is 2.12 bits per heavy atom. The highest BCUT2D eigenvalue weighted by Gasteiger charge is 2.32. The summed E-state index contributed by atoms with van der Waals surface area (Å²) < 4.78 is 0.218. The monoisotopic (exact) mass is 459 g/mol. The van der Waals surface area contributed by atoms with Crippen LogP contribution in [0, 0.1) is 13.7 Å². The Labute approximate surface area is 155 Å². The number of phenolic OH excluding ortho intramolecular Hbond substituents is 1. The van der Waals surface area contributed by atoms with Crippen molar-refractivity contribution in [1.29, 1.82) is 0 Å². The molecule has 0 radical (unpaired) electrons. The lowest BCUT2D eigenvalue weighted by atomic mass is 10.1. The number of halogens is 1. The van der Waals surface area contributed by atoms with Gasteiger partial charge in [-0.15, -0.1) is 6.58 Å². The fraction of sp³-hybridized carbons (Fsp3) is 0.0714. The number of carbonyl (C=O) groups is 2. The number of nitrogens with one attached hydrogen (secondary N) is 1. The average Bonchev–Trinajstić information content (AvgIpc) is 2.50. The highest BCUT2D eigenvalue weighted by Crippen LogP contribution is 2.33. The zero-order valence-corrected chi connectivity index (χ0v) is 15.0. The molecule has 0 unspecified atom stereocenters. The Morgan fingerprint density at radius 3 is 2.71 bits per heavy atom. The van der Waals surface area contributed by atoms with E-state index in [1.165, 1.54) is 18.2 Å². The second-order valence-corrected chi connectivity index (χ2v) is 6.20. The minimum absolute atomic E-state index is 0.0340. The number of benzene rings is 1. The topological polar surface area (TPSA) is 113 Å². The van der Waals surface area contributed by atoms with Gasteiger partial charge in [-0.25, -0.2) is 0 Å². The van der Waals surface area contributed by atoms with E-state index in [9.17, 15) is 24.8 Å². The van der Waals surface area contributed by atoms with E-state index >= 15 is 0 Å². The van der Waals surface area contributed by atoms with Gasteiger partial charge in [-0.3, -0.25) is 29.9 Å². The van der Waals surface area contributed by atoms with Gasteiger partial charge in [-0.1, -0.05) is 6.08 Å². The SMILES string of the molecule is C=CCN1C(=O)/C(=C/c2cc(I)c(O)c([N+](=O)[O-])c2)C(=O)NC1=S. The highest BCUT2D eigenvalue weighted by molar-refractivity contribution is 14.1. The van der Waals surface area contributed by atoms with E-state index in [0.29, 0.717) is 0 Å². The maximum atomic E-state index is 12.4. The number of amides is 2. The van der Waals surface area contributed by atoms with Crippen LogP contribution < -0.4 is 5.32 Å². The van der Waals surface area contributed by atoms with Crippen molar-refractivity contribution >= 4 is 63.5 Å². The van der Waals surface area contributed by atoms with Crippen LogP contribution in [0.1, 0.15) is 5.56 Å². The summed E-state index contributed by atoms with van der Waals surface area (Å²) in [5.74, 6) is -1.80. The van der Waals surface area contributed by atoms with Gasteiger partial charge in [0.05, 0.1) is 8.49 Å². The fourth-order valence-corrected chi connectivity index (χ4v) is 2.87. The van der Waals surface area contributed by atoms with Crippen LogP contribution in [-0.4, -0.2) is 38.4 Å². The molecule has 1 aliphatic heterocycles. The van der Waals surface area contributed by atoms with Gasteiger partial charge in [-0.2, -0.15) is 0 Å². The lowest BCUT2D eigenvalue weighted by molar-refractivity contribution is -0.386. The molecule has 1 fully saturated rings. The molecular formula is C14H10IN3O5S. The molecule has 1 saturated heterocycles. The van der Waals surface area contributed by atoms with Gasteiger partial charge in [0.25, 0.3) is 11.8 Å². The summed E-state index contributed by atoms with van der Waals surface area (Å²) in [4.78, 5) is 35.8. The molecule has 0 aromatic heterocycles. The van der Waals surface area contributed by atoms with E-state index in [1.54, 1.807) is 22.6 Å². The Kier molecular flexibility index (Phi) is 5.29. The molecular weight excluding hydrogens is 449 g/mol. The average molecular weight is 459 g/mol. The van der Waals surface area contributed by atoms with E-state index in [-0.39, 0.29) is 26.4 Å². The molecule has 0 spiro atoms. The van der Waals surface area contributed by atoms with Crippen LogP contribution in [0.15, 0.2) is 30.4 Å². The first-order valence-corrected chi connectivity index (χ1v) is 7.91. The van der Waals surface area contributed by atoms with Crippen molar-refractivity contribution in [1.82, 2.24) is 10.2 Å². The third kappa shape index (κ3) is 3.43. The van der Waals surface area contributed by atoms with Gasteiger partial charge in [-0.05, 0) is 52.5 Å². The molecule has 1 aromatic carbocycles. The predicted octanol–water partition coefficient (Wildman–Crippen LogP) is 1.72. The third-order valence-corrected chi connectivity index (χ3v) is 4.22. The maximum absolute atomic E-state index is 12.4. The largest absolute Gasteiger partial charge is 0.501 e. The van der Waals surface area contributed by atoms with Crippen LogP contribution in [0.4, 0.5) is 5.69 Å². The second kappa shape index (κ2) is 7.05. The third-order valence-electron chi connectivity index (χ3n) is 3.07. The summed E-state index contributed by atoms with van der Waals surface area (Å²) in [5.41, 5.74) is -0.508. The smallest absolute Gasteiger partial charge is 0.312 e. The molecule has 1 aliphatic rings. The lowest BCUT2D eigenvalue weighted by Gasteiger charge is -2.27. The molecule has 24 heavy (non-hydrogen) atoms. The summed E-state index contributed by atoms with van der Waals surface area (Å²) in [7, 11) is 0. The van der Waals surface area contributed by atoms with Gasteiger partial charge in [0.15, 0.2) is 5.11 Å². The van der Waals surface area contributed by atoms with Crippen LogP contribution in [0.5, 0.6) is 5.75 Å². The number of aromatic hydroxyl groups is 1. The molecule has 1 aromatic rings. The van der Waals surface area contributed by atoms with Crippen molar-refractivity contribution in [3.63, 3.8) is 0 Å². The summed E-state index contributed by atoms with van der Waals surface area (Å²) in [5, 5.41) is 23.0.